The molecule has 0 saturated carbocycles. The smallest absolute Gasteiger partial charge is 0.155 e. The van der Waals surface area contributed by atoms with Crippen LogP contribution in [0.15, 0.2) is 29.0 Å². The van der Waals surface area contributed by atoms with Gasteiger partial charge in [0.05, 0.1) is 17.1 Å². The predicted octanol–water partition coefficient (Wildman–Crippen LogP) is 1.25. The van der Waals surface area contributed by atoms with Crippen molar-refractivity contribution in [3.63, 3.8) is 0 Å². The molecule has 0 saturated heterocycles. The van der Waals surface area contributed by atoms with Gasteiger partial charge in [-0.2, -0.15) is 0 Å². The minimum absolute atomic E-state index is 0.171. The van der Waals surface area contributed by atoms with Gasteiger partial charge < -0.3 is 16.8 Å². The van der Waals surface area contributed by atoms with E-state index >= 15 is 0 Å². The maximum Gasteiger partial charge on any atom is 0.155 e. The molecule has 96 valence electrons. The number of nitrogens with one attached hydrogen (secondary N) is 1. The summed E-state index contributed by atoms with van der Waals surface area (Å²) in [6.45, 7) is 0. The lowest BCUT2D eigenvalue weighted by Crippen LogP contribution is -2.48. The highest BCUT2D eigenvalue weighted by molar-refractivity contribution is 6.30. The van der Waals surface area contributed by atoms with E-state index < -0.39 is 17.3 Å². The first-order valence-electron chi connectivity index (χ1n) is 5.11. The van der Waals surface area contributed by atoms with Gasteiger partial charge in [-0.05, 0) is 12.1 Å². The molecule has 2 rings (SSSR count). The minimum atomic E-state index is -1.38. The van der Waals surface area contributed by atoms with Gasteiger partial charge in [-0.3, -0.25) is 0 Å². The van der Waals surface area contributed by atoms with Gasteiger partial charge in [0.2, 0.25) is 0 Å². The van der Waals surface area contributed by atoms with Crippen molar-refractivity contribution in [3.05, 3.63) is 46.3 Å². The summed E-state index contributed by atoms with van der Waals surface area (Å²) in [4.78, 5) is 3.92. The van der Waals surface area contributed by atoms with Gasteiger partial charge in [-0.1, -0.05) is 11.6 Å². The molecule has 18 heavy (non-hydrogen) atoms. The van der Waals surface area contributed by atoms with Crippen LogP contribution in [0.1, 0.15) is 5.56 Å². The van der Waals surface area contributed by atoms with Crippen LogP contribution in [-0.2, 0) is 6.42 Å². The van der Waals surface area contributed by atoms with Crippen molar-refractivity contribution < 1.29 is 8.78 Å². The van der Waals surface area contributed by atoms with Crippen LogP contribution in [0.5, 0.6) is 0 Å². The van der Waals surface area contributed by atoms with E-state index in [0.29, 0.717) is 0 Å². The van der Waals surface area contributed by atoms with E-state index in [1.807, 2.05) is 0 Å². The third-order valence-electron chi connectivity index (χ3n) is 2.69. The highest BCUT2D eigenvalue weighted by Crippen LogP contribution is 2.26. The number of aliphatic imine (C=N–C) groups is 1. The maximum atomic E-state index is 13.8. The Morgan fingerprint density at radius 1 is 1.39 bits per heavy atom. The van der Waals surface area contributed by atoms with Crippen molar-refractivity contribution in [2.24, 2.45) is 16.5 Å². The number of halogens is 3. The number of hydrogen-bond acceptors (Lipinski definition) is 4. The van der Waals surface area contributed by atoms with Crippen LogP contribution in [0.4, 0.5) is 8.78 Å². The zero-order chi connectivity index (χ0) is 13.3. The van der Waals surface area contributed by atoms with Crippen LogP contribution < -0.4 is 16.8 Å². The molecule has 0 aliphatic carbocycles. The van der Waals surface area contributed by atoms with Gasteiger partial charge in [-0.25, -0.2) is 13.8 Å². The third-order valence-corrected chi connectivity index (χ3v) is 2.99. The van der Waals surface area contributed by atoms with Gasteiger partial charge >= 0.3 is 0 Å². The number of hydrogen-bond donors (Lipinski definition) is 3. The number of nitrogens with zero attached hydrogens (tertiary/aromatic N) is 1. The molecule has 1 aromatic carbocycles. The number of rotatable bonds is 2. The zero-order valence-electron chi connectivity index (χ0n) is 9.25. The predicted molar refractivity (Wildman–Crippen MR) is 65.9 cm³/mol. The average Bonchev–Trinajstić information content (AvgIpc) is 2.34. The molecule has 0 fully saturated rings. The molecule has 0 amide bonds. The normalized spacial score (nSPS) is 22.6. The lowest BCUT2D eigenvalue weighted by atomic mass is 9.97. The topological polar surface area (TPSA) is 76.4 Å². The monoisotopic (exact) mass is 272 g/mol. The fraction of sp³-hybridized carbons (Fsp3) is 0.182. The second-order valence-electron chi connectivity index (χ2n) is 3.95. The summed E-state index contributed by atoms with van der Waals surface area (Å²) in [6.07, 6.45) is 2.52. The first-order chi connectivity index (χ1) is 8.44. The van der Waals surface area contributed by atoms with Gasteiger partial charge in [-0.15, -0.1) is 0 Å². The summed E-state index contributed by atoms with van der Waals surface area (Å²) in [5.41, 5.74) is 10.2. The highest BCUT2D eigenvalue weighted by atomic mass is 35.5. The van der Waals surface area contributed by atoms with Crippen LogP contribution in [0.2, 0.25) is 5.02 Å². The molecule has 4 nitrogen and oxygen atoms in total. The molecule has 7 heteroatoms. The van der Waals surface area contributed by atoms with Crippen LogP contribution in [-0.4, -0.2) is 12.0 Å². The summed E-state index contributed by atoms with van der Waals surface area (Å²) in [5.74, 6) is -1.58. The Morgan fingerprint density at radius 2 is 2.11 bits per heavy atom. The standard InChI is InChI=1S/C11H11ClF2N4/c12-7-1-2-8(13)6(10(7)14)3-11(16)9(15)4-17-5-18-11/h1-2,4-5H,3,15-16H2,(H,17,18). The highest BCUT2D eigenvalue weighted by Gasteiger charge is 2.32. The number of benzene rings is 1. The molecule has 0 bridgehead atoms. The molecule has 1 aromatic rings. The van der Waals surface area contributed by atoms with E-state index in [4.69, 9.17) is 23.1 Å². The van der Waals surface area contributed by atoms with Crippen LogP contribution >= 0.6 is 11.6 Å². The fourth-order valence-electron chi connectivity index (χ4n) is 1.63. The summed E-state index contributed by atoms with van der Waals surface area (Å²) in [6, 6.07) is 2.22. The lowest BCUT2D eigenvalue weighted by Gasteiger charge is -2.28. The van der Waals surface area contributed by atoms with Crippen molar-refractivity contribution in [2.45, 2.75) is 12.1 Å². The molecule has 1 unspecified atom stereocenters. The quantitative estimate of drug-likeness (QED) is 0.709. The molecule has 1 aliphatic rings. The lowest BCUT2D eigenvalue weighted by molar-refractivity contribution is 0.468. The van der Waals surface area contributed by atoms with Crippen molar-refractivity contribution in [1.29, 1.82) is 0 Å². The van der Waals surface area contributed by atoms with E-state index in [1.54, 1.807) is 0 Å². The summed E-state index contributed by atoms with van der Waals surface area (Å²) < 4.78 is 27.4. The fourth-order valence-corrected chi connectivity index (χ4v) is 1.80. The molecular weight excluding hydrogens is 262 g/mol. The largest absolute Gasteiger partial charge is 0.398 e. The first kappa shape index (κ1) is 12.8. The Balaban J connectivity index is 2.40. The van der Waals surface area contributed by atoms with Crippen molar-refractivity contribution in [1.82, 2.24) is 5.32 Å². The Labute approximate surface area is 107 Å². The molecular formula is C11H11ClF2N4. The van der Waals surface area contributed by atoms with E-state index in [0.717, 1.165) is 12.1 Å². The van der Waals surface area contributed by atoms with Crippen LogP contribution in [0.3, 0.4) is 0 Å². The van der Waals surface area contributed by atoms with Gasteiger partial charge in [0.1, 0.15) is 11.6 Å². The van der Waals surface area contributed by atoms with Crippen molar-refractivity contribution in [3.8, 4) is 0 Å². The average molecular weight is 273 g/mol. The van der Waals surface area contributed by atoms with Crippen molar-refractivity contribution >= 4 is 17.9 Å². The van der Waals surface area contributed by atoms with Gasteiger partial charge in [0, 0.05) is 18.2 Å². The van der Waals surface area contributed by atoms with E-state index in [1.165, 1.54) is 12.5 Å². The molecule has 0 aromatic heterocycles. The molecule has 0 radical (unpaired) electrons. The second kappa shape index (κ2) is 4.55. The summed E-state index contributed by atoms with van der Waals surface area (Å²) in [5, 5.41) is 2.47. The molecule has 0 spiro atoms. The summed E-state index contributed by atoms with van der Waals surface area (Å²) in [7, 11) is 0. The van der Waals surface area contributed by atoms with Gasteiger partial charge in [0.25, 0.3) is 0 Å². The van der Waals surface area contributed by atoms with Crippen LogP contribution in [0.25, 0.3) is 0 Å². The second-order valence-corrected chi connectivity index (χ2v) is 4.35. The Bertz CT molecular complexity index is 544. The maximum absolute atomic E-state index is 13.8. The Kier molecular flexibility index (Phi) is 3.23. The zero-order valence-corrected chi connectivity index (χ0v) is 10.0. The van der Waals surface area contributed by atoms with E-state index in [-0.39, 0.29) is 22.7 Å². The Morgan fingerprint density at radius 3 is 2.78 bits per heavy atom. The van der Waals surface area contributed by atoms with E-state index in [9.17, 15) is 8.78 Å². The first-order valence-corrected chi connectivity index (χ1v) is 5.49. The SMILES string of the molecule is NC1=CNC=NC1(N)Cc1c(F)ccc(Cl)c1F. The summed E-state index contributed by atoms with van der Waals surface area (Å²) >= 11 is 5.61. The molecule has 1 aliphatic heterocycles. The minimum Gasteiger partial charge on any atom is -0.398 e. The Hall–Kier alpha value is -1.66. The van der Waals surface area contributed by atoms with Crippen LogP contribution in [0, 0.1) is 11.6 Å². The van der Waals surface area contributed by atoms with E-state index in [2.05, 4.69) is 10.3 Å². The number of nitrogens with two attached hydrogens (primary N) is 2. The molecule has 5 N–H and O–H groups in total. The molecule has 1 atom stereocenters. The van der Waals surface area contributed by atoms with Crippen molar-refractivity contribution in [2.75, 3.05) is 0 Å². The third kappa shape index (κ3) is 2.16. The molecule has 1 heterocycles. The van der Waals surface area contributed by atoms with Gasteiger partial charge in [0.15, 0.2) is 5.66 Å².